The van der Waals surface area contributed by atoms with E-state index in [1.807, 2.05) is 19.9 Å². The minimum absolute atomic E-state index is 0. The van der Waals surface area contributed by atoms with Crippen molar-refractivity contribution < 1.29 is 13.2 Å². The Balaban J connectivity index is 0.00000242. The molecule has 1 aliphatic heterocycles. The van der Waals surface area contributed by atoms with Crippen LogP contribution in [0.5, 0.6) is 0 Å². The largest absolute Gasteiger partial charge is 0.383 e. The smallest absolute Gasteiger partial charge is 0.240 e. The van der Waals surface area contributed by atoms with Gasteiger partial charge < -0.3 is 10.1 Å². The lowest BCUT2D eigenvalue weighted by Gasteiger charge is -2.28. The molecule has 7 heteroatoms. The Hall–Kier alpha value is -0.660. The predicted molar refractivity (Wildman–Crippen MR) is 90.2 cm³/mol. The van der Waals surface area contributed by atoms with Crippen LogP contribution in [0.3, 0.4) is 0 Å². The Labute approximate surface area is 139 Å². The van der Waals surface area contributed by atoms with Gasteiger partial charge in [-0.25, -0.2) is 13.1 Å². The van der Waals surface area contributed by atoms with Gasteiger partial charge >= 0.3 is 0 Å². The molecule has 0 saturated carbocycles. The summed E-state index contributed by atoms with van der Waals surface area (Å²) >= 11 is 0. The molecular weight excluding hydrogens is 324 g/mol. The van der Waals surface area contributed by atoms with Crippen molar-refractivity contribution in [1.29, 1.82) is 0 Å². The Bertz CT molecular complexity index is 599. The molecule has 0 spiro atoms. The lowest BCUT2D eigenvalue weighted by Crippen LogP contribution is -2.52. The predicted octanol–water partition coefficient (Wildman–Crippen LogP) is 1.77. The molecule has 1 aromatic rings. The fourth-order valence-corrected chi connectivity index (χ4v) is 3.88. The normalized spacial score (nSPS) is 21.6. The molecule has 1 aliphatic rings. The van der Waals surface area contributed by atoms with Crippen LogP contribution in [0.15, 0.2) is 23.1 Å². The molecule has 126 valence electrons. The topological polar surface area (TPSA) is 67.4 Å². The molecule has 1 heterocycles. The second-order valence-electron chi connectivity index (χ2n) is 5.81. The van der Waals surface area contributed by atoms with Crippen LogP contribution in [0.4, 0.5) is 0 Å². The van der Waals surface area contributed by atoms with E-state index < -0.39 is 10.0 Å². The fourth-order valence-electron chi connectivity index (χ4n) is 2.67. The number of hydrogen-bond donors (Lipinski definition) is 2. The van der Waals surface area contributed by atoms with Crippen LogP contribution in [-0.2, 0) is 14.8 Å². The first-order valence-electron chi connectivity index (χ1n) is 7.19. The molecule has 2 rings (SSSR count). The minimum Gasteiger partial charge on any atom is -0.383 e. The Morgan fingerprint density at radius 1 is 1.32 bits per heavy atom. The van der Waals surface area contributed by atoms with Gasteiger partial charge in [-0.2, -0.15) is 0 Å². The van der Waals surface area contributed by atoms with Crippen LogP contribution in [0.1, 0.15) is 24.0 Å². The first kappa shape index (κ1) is 19.4. The minimum atomic E-state index is -3.49. The highest BCUT2D eigenvalue weighted by Crippen LogP contribution is 2.20. The molecule has 1 fully saturated rings. The van der Waals surface area contributed by atoms with E-state index >= 15 is 0 Å². The van der Waals surface area contributed by atoms with Gasteiger partial charge in [0, 0.05) is 13.7 Å². The highest BCUT2D eigenvalue weighted by molar-refractivity contribution is 7.89. The van der Waals surface area contributed by atoms with E-state index in [4.69, 9.17) is 4.74 Å². The molecule has 1 atom stereocenters. The number of benzene rings is 1. The highest BCUT2D eigenvalue weighted by Gasteiger charge is 2.34. The van der Waals surface area contributed by atoms with Crippen molar-refractivity contribution in [3.05, 3.63) is 29.3 Å². The number of hydrogen-bond acceptors (Lipinski definition) is 4. The third-order valence-electron chi connectivity index (χ3n) is 4.14. The Kier molecular flexibility index (Phi) is 6.83. The molecular formula is C15H25ClN2O3S. The molecule has 0 radical (unpaired) electrons. The fraction of sp³-hybridized carbons (Fsp3) is 0.600. The van der Waals surface area contributed by atoms with Gasteiger partial charge in [0.2, 0.25) is 10.0 Å². The molecule has 22 heavy (non-hydrogen) atoms. The first-order valence-corrected chi connectivity index (χ1v) is 8.68. The number of ether oxygens (including phenoxy) is 1. The van der Waals surface area contributed by atoms with Crippen LogP contribution in [0.25, 0.3) is 0 Å². The molecule has 0 aromatic heterocycles. The summed E-state index contributed by atoms with van der Waals surface area (Å²) in [5.41, 5.74) is 1.77. The average molecular weight is 349 g/mol. The maximum atomic E-state index is 12.4. The molecule has 1 saturated heterocycles. The van der Waals surface area contributed by atoms with E-state index in [0.717, 1.165) is 30.5 Å². The standard InChI is InChI=1S/C15H24N2O3S.ClH/c1-12-5-6-14(9-13(12)2)21(18,19)17-10-15(11-20-3)7-4-8-16-15;/h5-6,9,16-17H,4,7-8,10-11H2,1-3H3;1H. The van der Waals surface area contributed by atoms with Crippen LogP contribution >= 0.6 is 12.4 Å². The second kappa shape index (κ2) is 7.75. The number of aryl methyl sites for hydroxylation is 2. The highest BCUT2D eigenvalue weighted by atomic mass is 35.5. The quantitative estimate of drug-likeness (QED) is 0.822. The first-order chi connectivity index (χ1) is 9.88. The molecule has 0 aliphatic carbocycles. The van der Waals surface area contributed by atoms with Crippen molar-refractivity contribution in [1.82, 2.24) is 10.0 Å². The lowest BCUT2D eigenvalue weighted by molar-refractivity contribution is 0.122. The SMILES string of the molecule is COCC1(CNS(=O)(=O)c2ccc(C)c(C)c2)CCCN1.Cl. The van der Waals surface area contributed by atoms with Gasteiger partial charge in [-0.15, -0.1) is 12.4 Å². The van der Waals surface area contributed by atoms with Crippen molar-refractivity contribution in [2.45, 2.75) is 37.1 Å². The summed E-state index contributed by atoms with van der Waals surface area (Å²) in [5, 5.41) is 3.36. The van der Waals surface area contributed by atoms with Gasteiger partial charge in [-0.3, -0.25) is 0 Å². The summed E-state index contributed by atoms with van der Waals surface area (Å²) in [4.78, 5) is 0.316. The second-order valence-corrected chi connectivity index (χ2v) is 7.58. The van der Waals surface area contributed by atoms with E-state index in [9.17, 15) is 8.42 Å². The van der Waals surface area contributed by atoms with Gasteiger partial charge in [0.15, 0.2) is 0 Å². The average Bonchev–Trinajstić information content (AvgIpc) is 2.89. The van der Waals surface area contributed by atoms with Crippen molar-refractivity contribution >= 4 is 22.4 Å². The molecule has 0 amide bonds. The zero-order valence-electron chi connectivity index (χ0n) is 13.3. The molecule has 5 nitrogen and oxygen atoms in total. The van der Waals surface area contributed by atoms with E-state index in [1.165, 1.54) is 0 Å². The Morgan fingerprint density at radius 3 is 2.59 bits per heavy atom. The van der Waals surface area contributed by atoms with Crippen molar-refractivity contribution in [3.63, 3.8) is 0 Å². The van der Waals surface area contributed by atoms with Crippen LogP contribution < -0.4 is 10.0 Å². The molecule has 2 N–H and O–H groups in total. The van der Waals surface area contributed by atoms with Gasteiger partial charge in [0.25, 0.3) is 0 Å². The van der Waals surface area contributed by atoms with E-state index in [0.29, 0.717) is 18.0 Å². The summed E-state index contributed by atoms with van der Waals surface area (Å²) in [5.74, 6) is 0. The van der Waals surface area contributed by atoms with E-state index in [2.05, 4.69) is 10.0 Å². The Morgan fingerprint density at radius 2 is 2.05 bits per heavy atom. The van der Waals surface area contributed by atoms with Crippen LogP contribution in [-0.4, -0.2) is 40.8 Å². The number of halogens is 1. The van der Waals surface area contributed by atoms with Gasteiger partial charge in [0.1, 0.15) is 0 Å². The van der Waals surface area contributed by atoms with Crippen molar-refractivity contribution in [3.8, 4) is 0 Å². The molecule has 0 bridgehead atoms. The number of methoxy groups -OCH3 is 1. The van der Waals surface area contributed by atoms with E-state index in [1.54, 1.807) is 19.2 Å². The van der Waals surface area contributed by atoms with Crippen LogP contribution in [0.2, 0.25) is 0 Å². The summed E-state index contributed by atoms with van der Waals surface area (Å²) < 4.78 is 32.8. The maximum Gasteiger partial charge on any atom is 0.240 e. The molecule has 1 unspecified atom stereocenters. The van der Waals surface area contributed by atoms with Gasteiger partial charge in [-0.05, 0) is 56.5 Å². The zero-order valence-corrected chi connectivity index (χ0v) is 14.9. The van der Waals surface area contributed by atoms with Crippen molar-refractivity contribution in [2.75, 3.05) is 26.8 Å². The summed E-state index contributed by atoms with van der Waals surface area (Å²) in [6, 6.07) is 5.20. The van der Waals surface area contributed by atoms with Gasteiger partial charge in [0.05, 0.1) is 17.0 Å². The number of rotatable bonds is 6. The summed E-state index contributed by atoms with van der Waals surface area (Å²) in [6.07, 6.45) is 1.95. The number of nitrogens with one attached hydrogen (secondary N) is 2. The van der Waals surface area contributed by atoms with E-state index in [-0.39, 0.29) is 17.9 Å². The summed E-state index contributed by atoms with van der Waals surface area (Å²) in [7, 11) is -1.85. The zero-order chi connectivity index (χ0) is 15.5. The summed E-state index contributed by atoms with van der Waals surface area (Å²) in [6.45, 7) is 5.63. The third-order valence-corrected chi connectivity index (χ3v) is 5.54. The van der Waals surface area contributed by atoms with Crippen molar-refractivity contribution in [2.24, 2.45) is 0 Å². The third kappa shape index (κ3) is 4.43. The number of sulfonamides is 1. The maximum absolute atomic E-state index is 12.4. The molecule has 1 aromatic carbocycles. The lowest BCUT2D eigenvalue weighted by atomic mass is 9.99. The monoisotopic (exact) mass is 348 g/mol. The van der Waals surface area contributed by atoms with Gasteiger partial charge in [-0.1, -0.05) is 6.07 Å². The van der Waals surface area contributed by atoms with Crippen LogP contribution in [0, 0.1) is 13.8 Å².